The lowest BCUT2D eigenvalue weighted by molar-refractivity contribution is 0.319. The van der Waals surface area contributed by atoms with E-state index < -0.39 is 11.4 Å². The van der Waals surface area contributed by atoms with Gasteiger partial charge in [0.25, 0.3) is 5.56 Å². The van der Waals surface area contributed by atoms with Crippen molar-refractivity contribution in [3.8, 4) is 5.75 Å². The van der Waals surface area contributed by atoms with Crippen molar-refractivity contribution in [2.24, 2.45) is 0 Å². The Morgan fingerprint density at radius 3 is 2.74 bits per heavy atom. The van der Waals surface area contributed by atoms with Crippen LogP contribution in [-0.2, 0) is 0 Å². The van der Waals surface area contributed by atoms with Gasteiger partial charge in [-0.3, -0.25) is 4.79 Å². The summed E-state index contributed by atoms with van der Waals surface area (Å²) in [4.78, 5) is 12.4. The number of fused-ring (bicyclic) bond motifs is 1. The van der Waals surface area contributed by atoms with Gasteiger partial charge in [-0.2, -0.15) is 5.10 Å². The molecule has 1 aliphatic carbocycles. The lowest BCUT2D eigenvalue weighted by Gasteiger charge is -2.22. The third-order valence-electron chi connectivity index (χ3n) is 3.83. The monoisotopic (exact) mass is 262 g/mol. The largest absolute Gasteiger partial charge is 0.507 e. The molecule has 0 spiro atoms. The highest BCUT2D eigenvalue weighted by molar-refractivity contribution is 5.86. The Morgan fingerprint density at radius 2 is 2.00 bits per heavy atom. The van der Waals surface area contributed by atoms with Crippen LogP contribution in [-0.4, -0.2) is 14.9 Å². The Kier molecular flexibility index (Phi) is 2.97. The summed E-state index contributed by atoms with van der Waals surface area (Å²) < 4.78 is 15.2. The maximum Gasteiger partial charge on any atom is 0.278 e. The van der Waals surface area contributed by atoms with Crippen LogP contribution in [0.25, 0.3) is 10.8 Å². The van der Waals surface area contributed by atoms with Gasteiger partial charge in [0.15, 0.2) is 0 Å². The lowest BCUT2D eigenvalue weighted by Crippen LogP contribution is -2.29. The molecule has 1 saturated carbocycles. The average Bonchev–Trinajstić information content (AvgIpc) is 2.44. The van der Waals surface area contributed by atoms with Crippen molar-refractivity contribution in [2.45, 2.75) is 38.1 Å². The highest BCUT2D eigenvalue weighted by Gasteiger charge is 2.20. The van der Waals surface area contributed by atoms with Crippen molar-refractivity contribution in [2.75, 3.05) is 0 Å². The molecule has 4 nitrogen and oxygen atoms in total. The summed E-state index contributed by atoms with van der Waals surface area (Å²) in [5, 5.41) is 13.9. The number of aromatic hydroxyl groups is 1. The molecule has 19 heavy (non-hydrogen) atoms. The first kappa shape index (κ1) is 12.1. The van der Waals surface area contributed by atoms with Crippen molar-refractivity contribution in [1.29, 1.82) is 0 Å². The molecule has 1 heterocycles. The second kappa shape index (κ2) is 4.64. The number of halogens is 1. The molecule has 0 amide bonds. The zero-order chi connectivity index (χ0) is 13.4. The minimum atomic E-state index is -0.607. The molecular weight excluding hydrogens is 247 g/mol. The van der Waals surface area contributed by atoms with Crippen LogP contribution in [0, 0.1) is 5.82 Å². The molecule has 1 N–H and O–H groups in total. The predicted octanol–water partition coefficient (Wildman–Crippen LogP) is 2.75. The Balaban J connectivity index is 2.20. The third-order valence-corrected chi connectivity index (χ3v) is 3.83. The first-order valence-electron chi connectivity index (χ1n) is 6.57. The summed E-state index contributed by atoms with van der Waals surface area (Å²) in [7, 11) is 0. The number of hydrogen-bond acceptors (Lipinski definition) is 3. The molecular formula is C14H15FN2O2. The van der Waals surface area contributed by atoms with Gasteiger partial charge in [0, 0.05) is 0 Å². The summed E-state index contributed by atoms with van der Waals surface area (Å²) in [6.07, 6.45) is 6.49. The Labute approximate surface area is 109 Å². The molecule has 3 rings (SSSR count). The van der Waals surface area contributed by atoms with E-state index in [0.29, 0.717) is 0 Å². The van der Waals surface area contributed by atoms with Gasteiger partial charge in [-0.25, -0.2) is 9.07 Å². The molecule has 1 aromatic carbocycles. The van der Waals surface area contributed by atoms with E-state index in [1.54, 1.807) is 0 Å². The van der Waals surface area contributed by atoms with Gasteiger partial charge in [-0.05, 0) is 25.0 Å². The van der Waals surface area contributed by atoms with E-state index >= 15 is 0 Å². The fraction of sp³-hybridized carbons (Fsp3) is 0.429. The first-order valence-corrected chi connectivity index (χ1v) is 6.57. The van der Waals surface area contributed by atoms with Gasteiger partial charge >= 0.3 is 0 Å². The van der Waals surface area contributed by atoms with Crippen LogP contribution in [0.1, 0.15) is 38.1 Å². The molecule has 100 valence electrons. The highest BCUT2D eigenvalue weighted by Crippen LogP contribution is 2.28. The van der Waals surface area contributed by atoms with Gasteiger partial charge in [0.2, 0.25) is 0 Å². The summed E-state index contributed by atoms with van der Waals surface area (Å²) in [5.41, 5.74) is -0.446. The standard InChI is InChI=1S/C14H15FN2O2/c15-11-6-7-12(18)10-8-16-17(14(19)13(10)11)9-4-2-1-3-5-9/h6-9,18H,1-5H2. The number of hydrogen-bond donors (Lipinski definition) is 1. The quantitative estimate of drug-likeness (QED) is 0.859. The second-order valence-electron chi connectivity index (χ2n) is 5.04. The Hall–Kier alpha value is -1.91. The molecule has 0 bridgehead atoms. The topological polar surface area (TPSA) is 55.1 Å². The SMILES string of the molecule is O=c1c2c(F)ccc(O)c2cnn1C1CCCCC1. The lowest BCUT2D eigenvalue weighted by atomic mass is 9.95. The van der Waals surface area contributed by atoms with Gasteiger partial charge in [-0.15, -0.1) is 0 Å². The number of benzene rings is 1. The zero-order valence-electron chi connectivity index (χ0n) is 10.5. The second-order valence-corrected chi connectivity index (χ2v) is 5.04. The average molecular weight is 262 g/mol. The van der Waals surface area contributed by atoms with Crippen LogP contribution in [0.15, 0.2) is 23.1 Å². The van der Waals surface area contributed by atoms with Gasteiger partial charge in [-0.1, -0.05) is 19.3 Å². The number of phenols is 1. The van der Waals surface area contributed by atoms with Crippen molar-refractivity contribution in [3.63, 3.8) is 0 Å². The number of nitrogens with zero attached hydrogens (tertiary/aromatic N) is 2. The summed E-state index contributed by atoms with van der Waals surface area (Å²) in [6.45, 7) is 0. The van der Waals surface area contributed by atoms with E-state index in [1.165, 1.54) is 23.4 Å². The minimum absolute atomic E-state index is 0.0485. The van der Waals surface area contributed by atoms with Crippen molar-refractivity contribution < 1.29 is 9.50 Å². The summed E-state index contributed by atoms with van der Waals surface area (Å²) >= 11 is 0. The molecule has 1 aromatic heterocycles. The van der Waals surface area contributed by atoms with Gasteiger partial charge < -0.3 is 5.11 Å². The van der Waals surface area contributed by atoms with E-state index in [-0.39, 0.29) is 22.6 Å². The van der Waals surface area contributed by atoms with Gasteiger partial charge in [0.05, 0.1) is 23.0 Å². The van der Waals surface area contributed by atoms with Crippen molar-refractivity contribution in [1.82, 2.24) is 9.78 Å². The highest BCUT2D eigenvalue weighted by atomic mass is 19.1. The molecule has 0 atom stereocenters. The molecule has 2 aromatic rings. The van der Waals surface area contributed by atoms with Gasteiger partial charge in [0.1, 0.15) is 11.6 Å². The Morgan fingerprint density at radius 1 is 1.26 bits per heavy atom. The van der Waals surface area contributed by atoms with E-state index in [4.69, 9.17) is 0 Å². The van der Waals surface area contributed by atoms with Crippen LogP contribution in [0.5, 0.6) is 5.75 Å². The van der Waals surface area contributed by atoms with Crippen LogP contribution >= 0.6 is 0 Å². The van der Waals surface area contributed by atoms with Crippen molar-refractivity contribution in [3.05, 3.63) is 34.5 Å². The molecule has 1 aliphatic rings. The third kappa shape index (κ3) is 1.99. The molecule has 0 saturated heterocycles. The minimum Gasteiger partial charge on any atom is -0.507 e. The normalized spacial score (nSPS) is 16.9. The number of rotatable bonds is 1. The maximum absolute atomic E-state index is 13.8. The summed E-state index contributed by atoms with van der Waals surface area (Å²) in [5.74, 6) is -0.721. The van der Waals surface area contributed by atoms with Crippen LogP contribution in [0.4, 0.5) is 4.39 Å². The maximum atomic E-state index is 13.8. The predicted molar refractivity (Wildman–Crippen MR) is 69.7 cm³/mol. The van der Waals surface area contributed by atoms with Crippen LogP contribution in [0.2, 0.25) is 0 Å². The first-order chi connectivity index (χ1) is 9.18. The van der Waals surface area contributed by atoms with Crippen LogP contribution in [0.3, 0.4) is 0 Å². The molecule has 5 heteroatoms. The van der Waals surface area contributed by atoms with Crippen molar-refractivity contribution >= 4 is 10.8 Å². The van der Waals surface area contributed by atoms with E-state index in [9.17, 15) is 14.3 Å². The fourth-order valence-corrected chi connectivity index (χ4v) is 2.80. The molecule has 0 unspecified atom stereocenters. The smallest absolute Gasteiger partial charge is 0.278 e. The molecule has 1 fully saturated rings. The van der Waals surface area contributed by atoms with Crippen LogP contribution < -0.4 is 5.56 Å². The molecule has 0 radical (unpaired) electrons. The number of phenolic OH excluding ortho intramolecular Hbond substituents is 1. The summed E-state index contributed by atoms with van der Waals surface area (Å²) in [6, 6.07) is 2.40. The fourth-order valence-electron chi connectivity index (χ4n) is 2.80. The van der Waals surface area contributed by atoms with E-state index in [2.05, 4.69) is 5.10 Å². The Bertz CT molecular complexity index is 675. The number of aromatic nitrogens is 2. The molecule has 0 aliphatic heterocycles. The zero-order valence-corrected chi connectivity index (χ0v) is 10.5. The van der Waals surface area contributed by atoms with E-state index in [0.717, 1.165) is 31.7 Å². The van der Waals surface area contributed by atoms with E-state index in [1.807, 2.05) is 0 Å².